The number of hydrogen-bond acceptors (Lipinski definition) is 14. The summed E-state index contributed by atoms with van der Waals surface area (Å²) in [6, 6.07) is 0. The summed E-state index contributed by atoms with van der Waals surface area (Å²) < 4.78 is 34.0. The van der Waals surface area contributed by atoms with Gasteiger partial charge in [0, 0.05) is 13.0 Å². The van der Waals surface area contributed by atoms with Crippen LogP contribution < -0.4 is 0 Å². The highest BCUT2D eigenvalue weighted by atomic mass is 16.7. The van der Waals surface area contributed by atoms with E-state index in [4.69, 9.17) is 28.4 Å². The number of aliphatic hydroxyl groups is 7. The van der Waals surface area contributed by atoms with Crippen molar-refractivity contribution < 1.29 is 69.0 Å². The van der Waals surface area contributed by atoms with E-state index in [9.17, 15) is 40.5 Å². The molecule has 2 aliphatic rings. The average molecular weight is 821 g/mol. The van der Waals surface area contributed by atoms with Crippen molar-refractivity contribution >= 4 is 5.97 Å². The molecule has 2 saturated heterocycles. The third-order valence-corrected chi connectivity index (χ3v) is 10.8. The third-order valence-electron chi connectivity index (χ3n) is 10.8. The van der Waals surface area contributed by atoms with Crippen molar-refractivity contribution in [3.63, 3.8) is 0 Å². The highest BCUT2D eigenvalue weighted by Crippen LogP contribution is 2.26. The van der Waals surface area contributed by atoms with Crippen LogP contribution in [0.2, 0.25) is 0 Å². The number of carbonyl (C=O) groups excluding carboxylic acids is 1. The molecule has 7 N–H and O–H groups in total. The van der Waals surface area contributed by atoms with Crippen molar-refractivity contribution in [3.8, 4) is 0 Å². The zero-order chi connectivity index (χ0) is 41.7. The van der Waals surface area contributed by atoms with E-state index in [1.54, 1.807) is 0 Å². The van der Waals surface area contributed by atoms with Gasteiger partial charge in [0.15, 0.2) is 12.6 Å². The molecule has 14 heteroatoms. The second kappa shape index (κ2) is 32.5. The van der Waals surface area contributed by atoms with Gasteiger partial charge >= 0.3 is 5.97 Å². The van der Waals surface area contributed by atoms with E-state index in [0.29, 0.717) is 13.0 Å². The van der Waals surface area contributed by atoms with Gasteiger partial charge in [-0.15, -0.1) is 0 Å². The van der Waals surface area contributed by atoms with Gasteiger partial charge in [0.05, 0.1) is 26.4 Å². The van der Waals surface area contributed by atoms with Crippen LogP contribution in [0.3, 0.4) is 0 Å². The predicted molar refractivity (Wildman–Crippen MR) is 215 cm³/mol. The summed E-state index contributed by atoms with van der Waals surface area (Å²) in [6.07, 6.45) is 13.2. The highest BCUT2D eigenvalue weighted by Gasteiger charge is 2.47. The van der Waals surface area contributed by atoms with Crippen LogP contribution in [0.1, 0.15) is 155 Å². The lowest BCUT2D eigenvalue weighted by molar-refractivity contribution is -0.332. The number of rotatable bonds is 34. The Hall–Kier alpha value is -1.27. The smallest absolute Gasteiger partial charge is 0.306 e. The van der Waals surface area contributed by atoms with Crippen molar-refractivity contribution in [2.45, 2.75) is 223 Å². The zero-order valence-electron chi connectivity index (χ0n) is 35.1. The minimum absolute atomic E-state index is 0.0606. The van der Waals surface area contributed by atoms with Crippen LogP contribution in [-0.2, 0) is 33.2 Å². The average Bonchev–Trinajstić information content (AvgIpc) is 3.21. The van der Waals surface area contributed by atoms with E-state index in [0.717, 1.165) is 51.4 Å². The van der Waals surface area contributed by atoms with Gasteiger partial charge in [-0.2, -0.15) is 0 Å². The Morgan fingerprint density at radius 3 is 1.60 bits per heavy atom. The highest BCUT2D eigenvalue weighted by molar-refractivity contribution is 5.69. The lowest BCUT2D eigenvalue weighted by Crippen LogP contribution is -2.61. The number of ether oxygens (including phenoxy) is 6. The van der Waals surface area contributed by atoms with Crippen LogP contribution >= 0.6 is 0 Å². The Bertz CT molecular complexity index is 1000. The Morgan fingerprint density at radius 2 is 1.04 bits per heavy atom. The zero-order valence-corrected chi connectivity index (χ0v) is 35.1. The number of esters is 1. The summed E-state index contributed by atoms with van der Waals surface area (Å²) in [4.78, 5) is 12.8. The minimum Gasteiger partial charge on any atom is -0.457 e. The molecule has 0 aromatic heterocycles. The largest absolute Gasteiger partial charge is 0.457 e. The Kier molecular flexibility index (Phi) is 29.6. The predicted octanol–water partition coefficient (Wildman–Crippen LogP) is 4.73. The van der Waals surface area contributed by atoms with E-state index in [1.807, 2.05) is 0 Å². The van der Waals surface area contributed by atoms with Gasteiger partial charge in [-0.1, -0.05) is 122 Å². The molecule has 336 valence electrons. The molecule has 0 radical (unpaired) electrons. The number of carbonyl (C=O) groups is 1. The number of aliphatic hydroxyl groups excluding tert-OH is 7. The molecule has 57 heavy (non-hydrogen) atoms. The van der Waals surface area contributed by atoms with E-state index < -0.39 is 80.7 Å². The Labute approximate surface area is 342 Å². The van der Waals surface area contributed by atoms with Crippen LogP contribution in [0.5, 0.6) is 0 Å². The normalized spacial score (nSPS) is 28.6. The fraction of sp³-hybridized carbons (Fsp3) is 0.930. The van der Waals surface area contributed by atoms with Gasteiger partial charge < -0.3 is 64.2 Å². The third kappa shape index (κ3) is 21.7. The molecule has 0 amide bonds. The first kappa shape index (κ1) is 51.9. The van der Waals surface area contributed by atoms with Crippen molar-refractivity contribution in [3.05, 3.63) is 12.2 Å². The van der Waals surface area contributed by atoms with Gasteiger partial charge in [0.2, 0.25) is 0 Å². The molecule has 14 nitrogen and oxygen atoms in total. The molecule has 2 fully saturated rings. The lowest BCUT2D eigenvalue weighted by Gasteiger charge is -2.42. The number of hydrogen-bond donors (Lipinski definition) is 7. The van der Waals surface area contributed by atoms with Crippen LogP contribution in [0, 0.1) is 0 Å². The minimum atomic E-state index is -1.70. The molecular weight excluding hydrogens is 740 g/mol. The quantitative estimate of drug-likeness (QED) is 0.0266. The first-order valence-corrected chi connectivity index (χ1v) is 22.3. The SMILES string of the molecule is CCCCCCCCC/C=C\CCCCCCCCOCC(COC1OC(COC2OC(CO)C(O)C(O)C2O)C(O)C(O)C1O)OC(=O)CCCCCCCC. The molecule has 0 spiro atoms. The fourth-order valence-corrected chi connectivity index (χ4v) is 7.04. The van der Waals surface area contributed by atoms with E-state index in [1.165, 1.54) is 77.0 Å². The van der Waals surface area contributed by atoms with Crippen LogP contribution in [0.15, 0.2) is 12.2 Å². The maximum absolute atomic E-state index is 12.8. The molecule has 2 aliphatic heterocycles. The van der Waals surface area contributed by atoms with Crippen LogP contribution in [-0.4, -0.2) is 142 Å². The topological polar surface area (TPSA) is 214 Å². The summed E-state index contributed by atoms with van der Waals surface area (Å²) in [5, 5.41) is 71.7. The van der Waals surface area contributed by atoms with Gasteiger partial charge in [0.25, 0.3) is 0 Å². The van der Waals surface area contributed by atoms with Gasteiger partial charge in [-0.05, 0) is 38.5 Å². The van der Waals surface area contributed by atoms with E-state index in [-0.39, 0.29) is 25.6 Å². The second-order valence-electron chi connectivity index (χ2n) is 15.9. The van der Waals surface area contributed by atoms with E-state index >= 15 is 0 Å². The summed E-state index contributed by atoms with van der Waals surface area (Å²) in [7, 11) is 0. The fourth-order valence-electron chi connectivity index (χ4n) is 7.04. The van der Waals surface area contributed by atoms with Crippen LogP contribution in [0.4, 0.5) is 0 Å². The van der Waals surface area contributed by atoms with Crippen LogP contribution in [0.25, 0.3) is 0 Å². The molecule has 2 heterocycles. The summed E-state index contributed by atoms with van der Waals surface area (Å²) in [5.41, 5.74) is 0. The monoisotopic (exact) mass is 821 g/mol. The van der Waals surface area contributed by atoms with Crippen molar-refractivity contribution in [1.82, 2.24) is 0 Å². The molecule has 0 aromatic carbocycles. The Morgan fingerprint density at radius 1 is 0.561 bits per heavy atom. The molecular formula is C43H80O14. The number of allylic oxidation sites excluding steroid dienone is 2. The first-order chi connectivity index (χ1) is 27.6. The molecule has 2 rings (SSSR count). The molecule has 0 saturated carbocycles. The summed E-state index contributed by atoms with van der Waals surface area (Å²) >= 11 is 0. The molecule has 0 bridgehead atoms. The molecule has 11 atom stereocenters. The van der Waals surface area contributed by atoms with Gasteiger partial charge in [-0.25, -0.2) is 0 Å². The first-order valence-electron chi connectivity index (χ1n) is 22.3. The Balaban J connectivity index is 1.76. The summed E-state index contributed by atoms with van der Waals surface area (Å²) in [5.74, 6) is -0.387. The van der Waals surface area contributed by atoms with E-state index in [2.05, 4.69) is 26.0 Å². The molecule has 11 unspecified atom stereocenters. The standard InChI is InChI=1S/C43H80O14/c1-3-5-7-9-11-12-13-14-15-16-17-18-19-20-21-23-25-27-52-29-32(55-35(45)26-24-22-10-8-6-4-2)30-53-42-41(51)39(49)37(47)34(57-42)31-54-43-40(50)38(48)36(46)33(28-44)56-43/h15-16,32-34,36-44,46-51H,3-14,17-31H2,1-2H3/b16-15-. The molecule has 0 aliphatic carbocycles. The maximum atomic E-state index is 12.8. The van der Waals surface area contributed by atoms with Gasteiger partial charge in [-0.3, -0.25) is 4.79 Å². The van der Waals surface area contributed by atoms with Crippen molar-refractivity contribution in [1.29, 1.82) is 0 Å². The van der Waals surface area contributed by atoms with Crippen molar-refractivity contribution in [2.24, 2.45) is 0 Å². The second-order valence-corrected chi connectivity index (χ2v) is 15.9. The number of unbranched alkanes of at least 4 members (excludes halogenated alkanes) is 18. The summed E-state index contributed by atoms with van der Waals surface area (Å²) in [6.45, 7) is 3.59. The lowest BCUT2D eigenvalue weighted by atomic mass is 9.98. The van der Waals surface area contributed by atoms with Gasteiger partial charge in [0.1, 0.15) is 54.9 Å². The maximum Gasteiger partial charge on any atom is 0.306 e. The molecule has 0 aromatic rings. The van der Waals surface area contributed by atoms with Crippen molar-refractivity contribution in [2.75, 3.05) is 33.0 Å².